The fourth-order valence-electron chi connectivity index (χ4n) is 1.79. The lowest BCUT2D eigenvalue weighted by Gasteiger charge is -2.08. The Labute approximate surface area is 139 Å². The maximum Gasteiger partial charge on any atom is 0.163 e. The van der Waals surface area contributed by atoms with Gasteiger partial charge in [-0.2, -0.15) is 0 Å². The highest BCUT2D eigenvalue weighted by Gasteiger charge is 2.06. The van der Waals surface area contributed by atoms with E-state index in [1.165, 1.54) is 12.1 Å². The van der Waals surface area contributed by atoms with Crippen molar-refractivity contribution >= 4 is 37.6 Å². The second-order valence-electron chi connectivity index (χ2n) is 4.46. The third-order valence-corrected chi connectivity index (χ3v) is 4.01. The van der Waals surface area contributed by atoms with Crippen LogP contribution in [-0.4, -0.2) is 12.4 Å². The number of ether oxygens (including phenoxy) is 1. The summed E-state index contributed by atoms with van der Waals surface area (Å²) in [6, 6.07) is 11.5. The summed E-state index contributed by atoms with van der Waals surface area (Å²) in [7, 11) is 0. The minimum atomic E-state index is -0.320. The number of halogens is 3. The van der Waals surface area contributed by atoms with Crippen molar-refractivity contribution < 1.29 is 13.9 Å². The van der Waals surface area contributed by atoms with Crippen molar-refractivity contribution in [2.24, 2.45) is 0 Å². The topological polar surface area (TPSA) is 26.3 Å². The monoisotopic (exact) mass is 414 g/mol. The van der Waals surface area contributed by atoms with Crippen LogP contribution in [0.2, 0.25) is 0 Å². The van der Waals surface area contributed by atoms with Gasteiger partial charge < -0.3 is 4.74 Å². The second-order valence-corrected chi connectivity index (χ2v) is 6.23. The van der Waals surface area contributed by atoms with Crippen molar-refractivity contribution in [1.82, 2.24) is 0 Å². The zero-order valence-corrected chi connectivity index (χ0v) is 14.3. The Morgan fingerprint density at radius 1 is 1.10 bits per heavy atom. The van der Waals surface area contributed by atoms with Crippen LogP contribution in [0.25, 0.3) is 0 Å². The fraction of sp³-hybridized carbons (Fsp3) is 0.188. The Hall–Kier alpha value is -1.20. The van der Waals surface area contributed by atoms with E-state index in [1.807, 2.05) is 12.1 Å². The molecule has 0 atom stereocenters. The first-order valence-electron chi connectivity index (χ1n) is 6.43. The Morgan fingerprint density at radius 3 is 2.48 bits per heavy atom. The summed E-state index contributed by atoms with van der Waals surface area (Å²) in [5, 5.41) is 0. The van der Waals surface area contributed by atoms with E-state index in [4.69, 9.17) is 4.74 Å². The van der Waals surface area contributed by atoms with Gasteiger partial charge in [-0.05, 0) is 52.7 Å². The normalized spacial score (nSPS) is 10.4. The lowest BCUT2D eigenvalue weighted by Crippen LogP contribution is -2.04. The van der Waals surface area contributed by atoms with Gasteiger partial charge in [-0.1, -0.05) is 28.1 Å². The third kappa shape index (κ3) is 4.93. The molecule has 0 aliphatic rings. The largest absolute Gasteiger partial charge is 0.492 e. The van der Waals surface area contributed by atoms with Crippen molar-refractivity contribution in [1.29, 1.82) is 0 Å². The minimum Gasteiger partial charge on any atom is -0.492 e. The van der Waals surface area contributed by atoms with Crippen molar-refractivity contribution in [2.75, 3.05) is 6.61 Å². The zero-order valence-electron chi connectivity index (χ0n) is 11.1. The van der Waals surface area contributed by atoms with Crippen LogP contribution in [0.1, 0.15) is 23.2 Å². The van der Waals surface area contributed by atoms with Gasteiger partial charge in [-0.15, -0.1) is 0 Å². The van der Waals surface area contributed by atoms with Crippen molar-refractivity contribution in [3.63, 3.8) is 0 Å². The molecular formula is C16H13Br2FO2. The third-order valence-electron chi connectivity index (χ3n) is 2.87. The predicted octanol–water partition coefficient (Wildman–Crippen LogP) is 5.39. The van der Waals surface area contributed by atoms with E-state index in [9.17, 15) is 9.18 Å². The molecule has 0 saturated heterocycles. The Balaban J connectivity index is 1.79. The van der Waals surface area contributed by atoms with Gasteiger partial charge >= 0.3 is 0 Å². The maximum atomic E-state index is 12.9. The van der Waals surface area contributed by atoms with Gasteiger partial charge in [0.15, 0.2) is 5.78 Å². The molecule has 5 heteroatoms. The number of carbonyl (C=O) groups excluding carboxylic acids is 1. The van der Waals surface area contributed by atoms with Crippen LogP contribution < -0.4 is 4.74 Å². The van der Waals surface area contributed by atoms with Crippen LogP contribution in [-0.2, 0) is 0 Å². The summed E-state index contributed by atoms with van der Waals surface area (Å²) in [5.41, 5.74) is 0.696. The highest BCUT2D eigenvalue weighted by Crippen LogP contribution is 2.25. The van der Waals surface area contributed by atoms with E-state index < -0.39 is 0 Å². The molecule has 0 aliphatic carbocycles. The molecule has 2 aromatic carbocycles. The van der Waals surface area contributed by atoms with Gasteiger partial charge in [0.1, 0.15) is 11.6 Å². The van der Waals surface area contributed by atoms with E-state index >= 15 is 0 Å². The molecule has 0 amide bonds. The number of carbonyl (C=O) groups is 1. The van der Waals surface area contributed by atoms with Gasteiger partial charge in [0.05, 0.1) is 11.1 Å². The smallest absolute Gasteiger partial charge is 0.163 e. The lowest BCUT2D eigenvalue weighted by molar-refractivity contribution is 0.0973. The fourth-order valence-corrected chi connectivity index (χ4v) is 2.52. The van der Waals surface area contributed by atoms with E-state index in [0.717, 1.165) is 4.47 Å². The van der Waals surface area contributed by atoms with Gasteiger partial charge in [-0.3, -0.25) is 4.79 Å². The van der Waals surface area contributed by atoms with Gasteiger partial charge in [0.2, 0.25) is 0 Å². The zero-order chi connectivity index (χ0) is 15.2. The van der Waals surface area contributed by atoms with Crippen molar-refractivity contribution in [3.8, 4) is 5.75 Å². The predicted molar refractivity (Wildman–Crippen MR) is 87.3 cm³/mol. The summed E-state index contributed by atoms with van der Waals surface area (Å²) in [6.07, 6.45) is 1.03. The SMILES string of the molecule is O=C(CCCOc1ccc(F)cc1Br)c1ccc(Br)cc1. The van der Waals surface area contributed by atoms with Crippen LogP contribution in [0, 0.1) is 5.82 Å². The maximum absolute atomic E-state index is 12.9. The number of benzene rings is 2. The first-order valence-corrected chi connectivity index (χ1v) is 8.01. The first-order chi connectivity index (χ1) is 10.1. The Kier molecular flexibility index (Phi) is 5.94. The molecule has 0 aliphatic heterocycles. The number of rotatable bonds is 6. The van der Waals surface area contributed by atoms with Crippen molar-refractivity contribution in [3.05, 3.63) is 62.8 Å². The standard InChI is InChI=1S/C16H13Br2FO2/c17-12-5-3-11(4-6-12)15(20)2-1-9-21-16-8-7-13(19)10-14(16)18/h3-8,10H,1-2,9H2. The number of ketones is 1. The molecule has 2 aromatic rings. The number of Topliss-reactive ketones (excluding diaryl/α,β-unsaturated/α-hetero) is 1. The molecule has 0 heterocycles. The first kappa shape index (κ1) is 16.2. The molecule has 21 heavy (non-hydrogen) atoms. The second kappa shape index (κ2) is 7.71. The van der Waals surface area contributed by atoms with Gasteiger partial charge in [0.25, 0.3) is 0 Å². The Bertz CT molecular complexity index is 627. The molecular weight excluding hydrogens is 403 g/mol. The molecule has 0 spiro atoms. The van der Waals surface area contributed by atoms with Crippen molar-refractivity contribution in [2.45, 2.75) is 12.8 Å². The van der Waals surface area contributed by atoms with E-state index in [0.29, 0.717) is 35.2 Å². The average molecular weight is 416 g/mol. The van der Waals surface area contributed by atoms with Gasteiger partial charge in [0, 0.05) is 16.5 Å². The molecule has 0 radical (unpaired) electrons. The average Bonchev–Trinajstić information content (AvgIpc) is 2.46. The van der Waals surface area contributed by atoms with Crippen LogP contribution in [0.15, 0.2) is 51.4 Å². The van der Waals surface area contributed by atoms with Crippen LogP contribution in [0.5, 0.6) is 5.75 Å². The van der Waals surface area contributed by atoms with E-state index in [1.54, 1.807) is 18.2 Å². The molecule has 0 N–H and O–H groups in total. The number of hydrogen-bond donors (Lipinski definition) is 0. The Morgan fingerprint density at radius 2 is 1.81 bits per heavy atom. The molecule has 2 nitrogen and oxygen atoms in total. The summed E-state index contributed by atoms with van der Waals surface area (Å²) in [4.78, 5) is 11.9. The van der Waals surface area contributed by atoms with Crippen LogP contribution in [0.4, 0.5) is 4.39 Å². The minimum absolute atomic E-state index is 0.0873. The number of hydrogen-bond acceptors (Lipinski definition) is 2. The van der Waals surface area contributed by atoms with Gasteiger partial charge in [-0.25, -0.2) is 4.39 Å². The molecule has 0 fully saturated rings. The summed E-state index contributed by atoms with van der Waals surface area (Å²) in [5.74, 6) is 0.344. The lowest BCUT2D eigenvalue weighted by atomic mass is 10.1. The molecule has 0 unspecified atom stereocenters. The molecule has 0 saturated carbocycles. The van der Waals surface area contributed by atoms with E-state index in [-0.39, 0.29) is 11.6 Å². The summed E-state index contributed by atoms with van der Waals surface area (Å²) >= 11 is 6.57. The molecule has 110 valence electrons. The quantitative estimate of drug-likeness (QED) is 0.466. The molecule has 0 aromatic heterocycles. The summed E-state index contributed by atoms with van der Waals surface area (Å²) in [6.45, 7) is 0.409. The van der Waals surface area contributed by atoms with Crippen LogP contribution in [0.3, 0.4) is 0 Å². The summed E-state index contributed by atoms with van der Waals surface area (Å²) < 4.78 is 20.0. The molecule has 0 bridgehead atoms. The highest BCUT2D eigenvalue weighted by molar-refractivity contribution is 9.10. The van der Waals surface area contributed by atoms with E-state index in [2.05, 4.69) is 31.9 Å². The van der Waals surface area contributed by atoms with Crippen LogP contribution >= 0.6 is 31.9 Å². The highest BCUT2D eigenvalue weighted by atomic mass is 79.9. The molecule has 2 rings (SSSR count).